The van der Waals surface area contributed by atoms with Crippen LogP contribution in [0.2, 0.25) is 0 Å². The van der Waals surface area contributed by atoms with Crippen LogP contribution in [0.4, 0.5) is 0 Å². The summed E-state index contributed by atoms with van der Waals surface area (Å²) in [6, 6.07) is 8.08. The highest BCUT2D eigenvalue weighted by molar-refractivity contribution is 7.97. The van der Waals surface area contributed by atoms with Gasteiger partial charge in [0.15, 0.2) is 0 Å². The highest BCUT2D eigenvalue weighted by Crippen LogP contribution is 2.24. The predicted octanol–water partition coefficient (Wildman–Crippen LogP) is 2.26. The van der Waals surface area contributed by atoms with Crippen molar-refractivity contribution in [2.75, 3.05) is 7.11 Å². The van der Waals surface area contributed by atoms with E-state index in [0.29, 0.717) is 0 Å². The van der Waals surface area contributed by atoms with Gasteiger partial charge in [-0.3, -0.25) is 4.68 Å². The Morgan fingerprint density at radius 3 is 2.82 bits per heavy atom. The third-order valence-corrected chi connectivity index (χ3v) is 3.46. The molecule has 1 aromatic carbocycles. The second kappa shape index (κ2) is 5.72. The minimum atomic E-state index is 0.856. The van der Waals surface area contributed by atoms with Crippen molar-refractivity contribution in [1.82, 2.24) is 14.8 Å². The van der Waals surface area contributed by atoms with E-state index in [9.17, 15) is 0 Å². The van der Waals surface area contributed by atoms with Crippen molar-refractivity contribution in [1.29, 1.82) is 0 Å². The molecule has 0 aliphatic rings. The van der Waals surface area contributed by atoms with Crippen LogP contribution < -0.4 is 4.74 Å². The lowest BCUT2D eigenvalue weighted by Crippen LogP contribution is -1.98. The second-order valence-corrected chi connectivity index (χ2v) is 4.59. The molecular weight excluding hydrogens is 234 g/mol. The van der Waals surface area contributed by atoms with Crippen LogP contribution >= 0.6 is 11.8 Å². The van der Waals surface area contributed by atoms with E-state index in [0.717, 1.165) is 23.1 Å². The number of nitrogens with zero attached hydrogens (tertiary/aromatic N) is 3. The molecule has 0 aliphatic heterocycles. The van der Waals surface area contributed by atoms with Crippen LogP contribution in [-0.2, 0) is 18.6 Å². The van der Waals surface area contributed by atoms with Gasteiger partial charge in [-0.2, -0.15) is 5.10 Å². The van der Waals surface area contributed by atoms with Gasteiger partial charge >= 0.3 is 0 Å². The number of benzene rings is 1. The van der Waals surface area contributed by atoms with E-state index >= 15 is 0 Å². The smallest absolute Gasteiger partial charge is 0.138 e. The van der Waals surface area contributed by atoms with E-state index in [1.165, 1.54) is 5.56 Å². The molecule has 0 amide bonds. The van der Waals surface area contributed by atoms with Gasteiger partial charge in [0, 0.05) is 18.4 Å². The van der Waals surface area contributed by atoms with Crippen LogP contribution in [0, 0.1) is 0 Å². The van der Waals surface area contributed by atoms with Gasteiger partial charge in [-0.15, -0.1) is 11.8 Å². The highest BCUT2D eigenvalue weighted by atomic mass is 32.2. The van der Waals surface area contributed by atoms with Crippen LogP contribution in [0.25, 0.3) is 0 Å². The number of para-hydroxylation sites is 1. The normalized spacial score (nSPS) is 10.5. The Kier molecular flexibility index (Phi) is 4.03. The van der Waals surface area contributed by atoms with E-state index in [4.69, 9.17) is 4.74 Å². The number of methoxy groups -OCH3 is 1. The summed E-state index contributed by atoms with van der Waals surface area (Å²) in [6.45, 7) is 0. The Bertz CT molecular complexity index is 484. The summed E-state index contributed by atoms with van der Waals surface area (Å²) in [7, 11) is 3.61. The van der Waals surface area contributed by atoms with Crippen molar-refractivity contribution in [3.05, 3.63) is 42.0 Å². The van der Waals surface area contributed by atoms with E-state index in [1.807, 2.05) is 25.2 Å². The fraction of sp³-hybridized carbons (Fsp3) is 0.333. The largest absolute Gasteiger partial charge is 0.496 e. The van der Waals surface area contributed by atoms with Gasteiger partial charge in [-0.25, -0.2) is 4.98 Å². The first-order valence-electron chi connectivity index (χ1n) is 5.34. The Labute approximate surface area is 105 Å². The molecule has 2 rings (SSSR count). The minimum absolute atomic E-state index is 0.856. The van der Waals surface area contributed by atoms with Crippen LogP contribution in [0.1, 0.15) is 11.4 Å². The molecule has 0 bridgehead atoms. The summed E-state index contributed by atoms with van der Waals surface area (Å²) in [5.41, 5.74) is 1.21. The standard InChI is InChI=1S/C12H15N3OS/c1-15-12(13-9-14-15)8-17-7-10-5-3-4-6-11(10)16-2/h3-6,9H,7-8H2,1-2H3. The predicted molar refractivity (Wildman–Crippen MR) is 69.0 cm³/mol. The zero-order chi connectivity index (χ0) is 12.1. The molecule has 90 valence electrons. The molecule has 0 spiro atoms. The van der Waals surface area contributed by atoms with Crippen molar-refractivity contribution < 1.29 is 4.74 Å². The lowest BCUT2D eigenvalue weighted by molar-refractivity contribution is 0.411. The first kappa shape index (κ1) is 12.0. The summed E-state index contributed by atoms with van der Waals surface area (Å²) in [4.78, 5) is 4.19. The third-order valence-electron chi connectivity index (χ3n) is 2.49. The number of hydrogen-bond acceptors (Lipinski definition) is 4. The number of aryl methyl sites for hydroxylation is 1. The molecule has 0 atom stereocenters. The molecule has 0 saturated heterocycles. The summed E-state index contributed by atoms with van der Waals surface area (Å²) >= 11 is 1.80. The first-order chi connectivity index (χ1) is 8.31. The monoisotopic (exact) mass is 249 g/mol. The van der Waals surface area contributed by atoms with E-state index < -0.39 is 0 Å². The molecule has 0 fully saturated rings. The number of hydrogen-bond donors (Lipinski definition) is 0. The van der Waals surface area contributed by atoms with Crippen LogP contribution in [0.15, 0.2) is 30.6 Å². The fourth-order valence-corrected chi connectivity index (χ4v) is 2.53. The van der Waals surface area contributed by atoms with Gasteiger partial charge in [-0.05, 0) is 6.07 Å². The van der Waals surface area contributed by atoms with Gasteiger partial charge in [0.05, 0.1) is 12.9 Å². The molecule has 0 radical (unpaired) electrons. The summed E-state index contributed by atoms with van der Waals surface area (Å²) in [5.74, 6) is 3.70. The van der Waals surface area contributed by atoms with Gasteiger partial charge in [-0.1, -0.05) is 18.2 Å². The molecule has 2 aromatic rings. The molecule has 0 N–H and O–H groups in total. The quantitative estimate of drug-likeness (QED) is 0.815. The minimum Gasteiger partial charge on any atom is -0.496 e. The van der Waals surface area contributed by atoms with Gasteiger partial charge in [0.2, 0.25) is 0 Å². The Morgan fingerprint density at radius 2 is 2.12 bits per heavy atom. The van der Waals surface area contributed by atoms with Gasteiger partial charge in [0.1, 0.15) is 17.9 Å². The Balaban J connectivity index is 1.92. The molecule has 0 unspecified atom stereocenters. The maximum atomic E-state index is 5.31. The topological polar surface area (TPSA) is 39.9 Å². The maximum Gasteiger partial charge on any atom is 0.138 e. The number of rotatable bonds is 5. The number of thioether (sulfide) groups is 1. The third kappa shape index (κ3) is 3.00. The van der Waals surface area contributed by atoms with Crippen LogP contribution in [0.3, 0.4) is 0 Å². The average Bonchev–Trinajstić information content (AvgIpc) is 2.76. The molecule has 1 aromatic heterocycles. The van der Waals surface area contributed by atoms with Crippen LogP contribution in [0.5, 0.6) is 5.75 Å². The van der Waals surface area contributed by atoms with E-state index in [-0.39, 0.29) is 0 Å². The molecule has 1 heterocycles. The second-order valence-electron chi connectivity index (χ2n) is 3.60. The van der Waals surface area contributed by atoms with Crippen molar-refractivity contribution in [3.63, 3.8) is 0 Å². The molecule has 0 saturated carbocycles. The van der Waals surface area contributed by atoms with Crippen molar-refractivity contribution in [2.45, 2.75) is 11.5 Å². The zero-order valence-corrected chi connectivity index (χ0v) is 10.8. The van der Waals surface area contributed by atoms with E-state index in [1.54, 1.807) is 29.9 Å². The summed E-state index contributed by atoms with van der Waals surface area (Å²) < 4.78 is 7.11. The number of ether oxygens (including phenoxy) is 1. The number of aromatic nitrogens is 3. The molecule has 5 heteroatoms. The highest BCUT2D eigenvalue weighted by Gasteiger charge is 2.04. The zero-order valence-electron chi connectivity index (χ0n) is 9.96. The van der Waals surface area contributed by atoms with Gasteiger partial charge in [0.25, 0.3) is 0 Å². The van der Waals surface area contributed by atoms with Crippen LogP contribution in [-0.4, -0.2) is 21.9 Å². The maximum absolute atomic E-state index is 5.31. The van der Waals surface area contributed by atoms with E-state index in [2.05, 4.69) is 16.1 Å². The molecule has 4 nitrogen and oxygen atoms in total. The van der Waals surface area contributed by atoms with Crippen molar-refractivity contribution in [2.24, 2.45) is 7.05 Å². The lowest BCUT2D eigenvalue weighted by atomic mass is 10.2. The summed E-state index contributed by atoms with van der Waals surface area (Å²) in [6.07, 6.45) is 1.58. The fourth-order valence-electron chi connectivity index (χ4n) is 1.53. The summed E-state index contributed by atoms with van der Waals surface area (Å²) in [5, 5.41) is 4.04. The van der Waals surface area contributed by atoms with Gasteiger partial charge < -0.3 is 4.74 Å². The SMILES string of the molecule is COc1ccccc1CSCc1ncnn1C. The average molecular weight is 249 g/mol. The van der Waals surface area contributed by atoms with Crippen molar-refractivity contribution >= 4 is 11.8 Å². The molecule has 0 aliphatic carbocycles. The Morgan fingerprint density at radius 1 is 1.29 bits per heavy atom. The molecule has 17 heavy (non-hydrogen) atoms. The molecular formula is C12H15N3OS. The Hall–Kier alpha value is -1.49. The lowest BCUT2D eigenvalue weighted by Gasteiger charge is -2.07. The van der Waals surface area contributed by atoms with Crippen molar-refractivity contribution in [3.8, 4) is 5.75 Å². The first-order valence-corrected chi connectivity index (χ1v) is 6.49.